The number of ether oxygens (including phenoxy) is 2. The fourth-order valence-electron chi connectivity index (χ4n) is 2.07. The molecule has 0 aliphatic heterocycles. The topological polar surface area (TPSA) is 38.7 Å². The fraction of sp³-hybridized carbons (Fsp3) is 0.333. The summed E-state index contributed by atoms with van der Waals surface area (Å²) < 4.78 is 10.5. The maximum Gasteiger partial charge on any atom is 0.160 e. The summed E-state index contributed by atoms with van der Waals surface area (Å²) >= 11 is 1.71. The first-order chi connectivity index (χ1) is 9.28. The molecule has 1 N–H and O–H groups in total. The molecule has 0 amide bonds. The predicted molar refractivity (Wildman–Crippen MR) is 77.4 cm³/mol. The van der Waals surface area contributed by atoms with Crippen molar-refractivity contribution in [3.63, 3.8) is 0 Å². The van der Waals surface area contributed by atoms with Gasteiger partial charge in [-0.3, -0.25) is 0 Å². The van der Waals surface area contributed by atoms with Crippen LogP contribution in [0.4, 0.5) is 0 Å². The van der Waals surface area contributed by atoms with Gasteiger partial charge < -0.3 is 14.6 Å². The van der Waals surface area contributed by atoms with Crippen LogP contribution in [0.2, 0.25) is 0 Å². The molecule has 0 saturated carbocycles. The monoisotopic (exact) mass is 278 g/mol. The van der Waals surface area contributed by atoms with Gasteiger partial charge in [0.15, 0.2) is 11.5 Å². The normalized spacial score (nSPS) is 12.2. The Morgan fingerprint density at radius 1 is 1.16 bits per heavy atom. The van der Waals surface area contributed by atoms with E-state index in [-0.39, 0.29) is 12.5 Å². The molecule has 0 fully saturated rings. The average Bonchev–Trinajstić information content (AvgIpc) is 2.97. The lowest BCUT2D eigenvalue weighted by Gasteiger charge is -2.16. The molecular weight excluding hydrogens is 260 g/mol. The van der Waals surface area contributed by atoms with E-state index in [1.54, 1.807) is 25.6 Å². The van der Waals surface area contributed by atoms with Crippen molar-refractivity contribution in [2.24, 2.45) is 0 Å². The minimum atomic E-state index is 0.0819. The van der Waals surface area contributed by atoms with Gasteiger partial charge in [0.2, 0.25) is 0 Å². The predicted octanol–water partition coefficient (Wildman–Crippen LogP) is 3.08. The molecule has 0 spiro atoms. The number of hydrogen-bond donors (Lipinski definition) is 1. The van der Waals surface area contributed by atoms with Gasteiger partial charge >= 0.3 is 0 Å². The molecule has 1 heterocycles. The number of thiophene rings is 1. The van der Waals surface area contributed by atoms with E-state index in [4.69, 9.17) is 9.47 Å². The molecule has 0 bridgehead atoms. The molecule has 1 aromatic heterocycles. The zero-order chi connectivity index (χ0) is 13.7. The van der Waals surface area contributed by atoms with Crippen molar-refractivity contribution < 1.29 is 14.6 Å². The number of hydrogen-bond acceptors (Lipinski definition) is 4. The number of methoxy groups -OCH3 is 2. The Bertz CT molecular complexity index is 508. The van der Waals surface area contributed by atoms with Gasteiger partial charge in [-0.1, -0.05) is 12.1 Å². The standard InChI is InChI=1S/C15H18O3S/c1-17-14-6-5-11(9-15(14)18-2)12(10-16)8-13-4-3-7-19-13/h3-7,9,12,16H,8,10H2,1-2H3. The van der Waals surface area contributed by atoms with Gasteiger partial charge in [0.25, 0.3) is 0 Å². The van der Waals surface area contributed by atoms with Gasteiger partial charge in [-0.2, -0.15) is 0 Å². The second-order valence-corrected chi connectivity index (χ2v) is 5.31. The Balaban J connectivity index is 2.23. The summed E-state index contributed by atoms with van der Waals surface area (Å²) in [5.74, 6) is 1.49. The highest BCUT2D eigenvalue weighted by Gasteiger charge is 2.14. The van der Waals surface area contributed by atoms with Crippen molar-refractivity contribution in [1.82, 2.24) is 0 Å². The zero-order valence-electron chi connectivity index (χ0n) is 11.1. The van der Waals surface area contributed by atoms with E-state index >= 15 is 0 Å². The summed E-state index contributed by atoms with van der Waals surface area (Å²) in [6.07, 6.45) is 0.837. The van der Waals surface area contributed by atoms with Gasteiger partial charge in [0.05, 0.1) is 20.8 Å². The Morgan fingerprint density at radius 2 is 1.95 bits per heavy atom. The van der Waals surface area contributed by atoms with Crippen molar-refractivity contribution >= 4 is 11.3 Å². The van der Waals surface area contributed by atoms with Gasteiger partial charge in [0, 0.05) is 10.8 Å². The molecule has 2 aromatic rings. The molecule has 0 saturated heterocycles. The van der Waals surface area contributed by atoms with Crippen LogP contribution in [0.1, 0.15) is 16.4 Å². The molecule has 3 nitrogen and oxygen atoms in total. The first-order valence-electron chi connectivity index (χ1n) is 6.13. The van der Waals surface area contributed by atoms with Crippen molar-refractivity contribution in [3.05, 3.63) is 46.2 Å². The van der Waals surface area contributed by atoms with Crippen LogP contribution in [0.15, 0.2) is 35.7 Å². The number of aliphatic hydroxyl groups is 1. The Kier molecular flexibility index (Phi) is 4.82. The molecule has 2 rings (SSSR count). The fourth-order valence-corrected chi connectivity index (χ4v) is 2.85. The van der Waals surface area contributed by atoms with E-state index in [9.17, 15) is 5.11 Å². The number of rotatable bonds is 6. The highest BCUT2D eigenvalue weighted by molar-refractivity contribution is 7.09. The molecule has 0 aliphatic rings. The van der Waals surface area contributed by atoms with Crippen LogP contribution in [0.3, 0.4) is 0 Å². The minimum Gasteiger partial charge on any atom is -0.493 e. The van der Waals surface area contributed by atoms with Gasteiger partial charge in [-0.25, -0.2) is 0 Å². The van der Waals surface area contributed by atoms with Crippen LogP contribution in [0, 0.1) is 0 Å². The second kappa shape index (κ2) is 6.59. The van der Waals surface area contributed by atoms with E-state index in [1.807, 2.05) is 24.3 Å². The molecule has 1 unspecified atom stereocenters. The molecule has 102 valence electrons. The highest BCUT2D eigenvalue weighted by atomic mass is 32.1. The smallest absolute Gasteiger partial charge is 0.160 e. The Hall–Kier alpha value is -1.52. The van der Waals surface area contributed by atoms with Gasteiger partial charge in [-0.15, -0.1) is 11.3 Å². The third-order valence-corrected chi connectivity index (χ3v) is 4.03. The van der Waals surface area contributed by atoms with Crippen LogP contribution in [-0.4, -0.2) is 25.9 Å². The zero-order valence-corrected chi connectivity index (χ0v) is 11.9. The lowest BCUT2D eigenvalue weighted by molar-refractivity contribution is 0.264. The van der Waals surface area contributed by atoms with Crippen LogP contribution >= 0.6 is 11.3 Å². The van der Waals surface area contributed by atoms with Crippen LogP contribution in [-0.2, 0) is 6.42 Å². The molecule has 0 aliphatic carbocycles. The number of aliphatic hydroxyl groups excluding tert-OH is 1. The molecule has 4 heteroatoms. The van der Waals surface area contributed by atoms with E-state index < -0.39 is 0 Å². The second-order valence-electron chi connectivity index (χ2n) is 4.28. The summed E-state index contributed by atoms with van der Waals surface area (Å²) in [6.45, 7) is 0.118. The van der Waals surface area contributed by atoms with Crippen LogP contribution < -0.4 is 9.47 Å². The third kappa shape index (κ3) is 3.28. The van der Waals surface area contributed by atoms with Gasteiger partial charge in [-0.05, 0) is 35.6 Å². The summed E-state index contributed by atoms with van der Waals surface area (Å²) in [7, 11) is 3.24. The average molecular weight is 278 g/mol. The first-order valence-corrected chi connectivity index (χ1v) is 7.01. The summed E-state index contributed by atoms with van der Waals surface area (Å²) in [5.41, 5.74) is 1.06. The lowest BCUT2D eigenvalue weighted by atomic mass is 9.95. The molecular formula is C15H18O3S. The molecule has 1 aromatic carbocycles. The molecule has 0 radical (unpaired) electrons. The maximum absolute atomic E-state index is 9.60. The SMILES string of the molecule is COc1ccc(C(CO)Cc2cccs2)cc1OC. The van der Waals surface area contributed by atoms with E-state index in [1.165, 1.54) is 4.88 Å². The molecule has 1 atom stereocenters. The van der Waals surface area contributed by atoms with E-state index in [2.05, 4.69) is 11.4 Å². The Labute approximate surface area is 117 Å². The lowest BCUT2D eigenvalue weighted by Crippen LogP contribution is -2.07. The van der Waals surface area contributed by atoms with Crippen LogP contribution in [0.5, 0.6) is 11.5 Å². The summed E-state index contributed by atoms with van der Waals surface area (Å²) in [4.78, 5) is 1.27. The van der Waals surface area contributed by atoms with Crippen molar-refractivity contribution in [2.45, 2.75) is 12.3 Å². The number of benzene rings is 1. The van der Waals surface area contributed by atoms with E-state index in [0.29, 0.717) is 11.5 Å². The minimum absolute atomic E-state index is 0.0819. The van der Waals surface area contributed by atoms with Crippen LogP contribution in [0.25, 0.3) is 0 Å². The quantitative estimate of drug-likeness (QED) is 0.882. The van der Waals surface area contributed by atoms with Crippen molar-refractivity contribution in [3.8, 4) is 11.5 Å². The highest BCUT2D eigenvalue weighted by Crippen LogP contribution is 2.32. The van der Waals surface area contributed by atoms with E-state index in [0.717, 1.165) is 12.0 Å². The molecule has 19 heavy (non-hydrogen) atoms. The summed E-state index contributed by atoms with van der Waals surface area (Å²) in [6, 6.07) is 9.92. The largest absolute Gasteiger partial charge is 0.493 e. The van der Waals surface area contributed by atoms with Crippen molar-refractivity contribution in [1.29, 1.82) is 0 Å². The van der Waals surface area contributed by atoms with Gasteiger partial charge in [0.1, 0.15) is 0 Å². The first kappa shape index (κ1) is 13.9. The maximum atomic E-state index is 9.60. The van der Waals surface area contributed by atoms with Crippen molar-refractivity contribution in [2.75, 3.05) is 20.8 Å². The summed E-state index contributed by atoms with van der Waals surface area (Å²) in [5, 5.41) is 11.7. The Morgan fingerprint density at radius 3 is 2.53 bits per heavy atom. The third-order valence-electron chi connectivity index (χ3n) is 3.13.